The Bertz CT molecular complexity index is 477. The van der Waals surface area contributed by atoms with Crippen molar-refractivity contribution in [3.05, 3.63) is 17.5 Å². The molecule has 1 N–H and O–H groups in total. The van der Waals surface area contributed by atoms with Crippen LogP contribution in [0.5, 0.6) is 0 Å². The molecule has 1 heterocycles. The molecule has 0 radical (unpaired) electrons. The van der Waals surface area contributed by atoms with Gasteiger partial charge in [-0.1, -0.05) is 0 Å². The summed E-state index contributed by atoms with van der Waals surface area (Å²) in [6, 6.07) is 2.25. The Morgan fingerprint density at radius 1 is 1.47 bits per heavy atom. The van der Waals surface area contributed by atoms with Crippen LogP contribution < -0.4 is 5.32 Å². The Balaban J connectivity index is 1.66. The van der Waals surface area contributed by atoms with Gasteiger partial charge < -0.3 is 10.1 Å². The van der Waals surface area contributed by atoms with Gasteiger partial charge in [-0.05, 0) is 32.8 Å². The summed E-state index contributed by atoms with van der Waals surface area (Å²) in [6.45, 7) is 4.13. The molecule has 0 aromatic carbocycles. The van der Waals surface area contributed by atoms with Gasteiger partial charge in [-0.25, -0.2) is 0 Å². The number of carbonyl (C=O) groups excluding carboxylic acids is 2. The predicted octanol–water partition coefficient (Wildman–Crippen LogP) is 0.712. The molecule has 1 aliphatic rings. The van der Waals surface area contributed by atoms with E-state index in [4.69, 9.17) is 4.74 Å². The van der Waals surface area contributed by atoms with Crippen molar-refractivity contribution in [3.63, 3.8) is 0 Å². The summed E-state index contributed by atoms with van der Waals surface area (Å²) in [5.74, 6) is -0.597. The lowest BCUT2D eigenvalue weighted by Gasteiger charge is -2.06. The molecule has 0 spiro atoms. The van der Waals surface area contributed by atoms with Crippen LogP contribution in [0, 0.1) is 13.8 Å². The Labute approximate surface area is 112 Å². The minimum Gasteiger partial charge on any atom is -0.456 e. The highest BCUT2D eigenvalue weighted by Gasteiger charge is 2.23. The van der Waals surface area contributed by atoms with Crippen molar-refractivity contribution in [2.75, 3.05) is 6.61 Å². The van der Waals surface area contributed by atoms with Crippen LogP contribution >= 0.6 is 0 Å². The number of amides is 1. The molecule has 6 nitrogen and oxygen atoms in total. The van der Waals surface area contributed by atoms with Crippen molar-refractivity contribution in [2.45, 2.75) is 45.7 Å². The smallest absolute Gasteiger partial charge is 0.308 e. The van der Waals surface area contributed by atoms with Crippen molar-refractivity contribution in [3.8, 4) is 0 Å². The number of hydrogen-bond donors (Lipinski definition) is 1. The van der Waals surface area contributed by atoms with Crippen LogP contribution in [0.2, 0.25) is 0 Å². The van der Waals surface area contributed by atoms with Crippen LogP contribution in [0.15, 0.2) is 6.07 Å². The molecule has 1 saturated carbocycles. The third-order valence-corrected chi connectivity index (χ3v) is 2.94. The summed E-state index contributed by atoms with van der Waals surface area (Å²) in [5.41, 5.74) is 1.94. The fourth-order valence-corrected chi connectivity index (χ4v) is 1.81. The molecule has 1 fully saturated rings. The topological polar surface area (TPSA) is 73.2 Å². The van der Waals surface area contributed by atoms with Crippen LogP contribution in [0.3, 0.4) is 0 Å². The molecule has 6 heteroatoms. The molecule has 0 saturated heterocycles. The van der Waals surface area contributed by atoms with Gasteiger partial charge in [0.15, 0.2) is 6.61 Å². The number of aromatic nitrogens is 2. The van der Waals surface area contributed by atoms with E-state index in [1.807, 2.05) is 19.9 Å². The van der Waals surface area contributed by atoms with E-state index in [1.165, 1.54) is 0 Å². The van der Waals surface area contributed by atoms with Gasteiger partial charge in [-0.15, -0.1) is 0 Å². The summed E-state index contributed by atoms with van der Waals surface area (Å²) in [4.78, 5) is 22.8. The van der Waals surface area contributed by atoms with Gasteiger partial charge in [0, 0.05) is 11.7 Å². The fourth-order valence-electron chi connectivity index (χ4n) is 1.81. The summed E-state index contributed by atoms with van der Waals surface area (Å²) in [5, 5.41) is 7.02. The molecule has 104 valence electrons. The van der Waals surface area contributed by atoms with Gasteiger partial charge in [0.2, 0.25) is 0 Å². The number of carbonyl (C=O) groups is 2. The first-order chi connectivity index (χ1) is 9.04. The highest BCUT2D eigenvalue weighted by Crippen LogP contribution is 2.18. The minimum absolute atomic E-state index is 0.188. The number of esters is 1. The van der Waals surface area contributed by atoms with E-state index in [1.54, 1.807) is 4.68 Å². The van der Waals surface area contributed by atoms with Crippen LogP contribution in [0.1, 0.15) is 30.7 Å². The van der Waals surface area contributed by atoms with Gasteiger partial charge in [-0.3, -0.25) is 14.3 Å². The standard InChI is InChI=1S/C13H19N3O3/c1-9-7-10(2)16(15-9)6-5-13(18)19-8-12(17)14-11-3-4-11/h7,11H,3-6,8H2,1-2H3,(H,14,17). The molecular weight excluding hydrogens is 246 g/mol. The zero-order valence-corrected chi connectivity index (χ0v) is 11.3. The largest absolute Gasteiger partial charge is 0.456 e. The molecule has 2 rings (SSSR count). The maximum atomic E-state index is 11.5. The number of nitrogens with one attached hydrogen (secondary N) is 1. The van der Waals surface area contributed by atoms with Crippen molar-refractivity contribution >= 4 is 11.9 Å². The zero-order chi connectivity index (χ0) is 13.8. The molecule has 1 amide bonds. The molecule has 1 aliphatic carbocycles. The molecule has 0 atom stereocenters. The highest BCUT2D eigenvalue weighted by molar-refractivity contribution is 5.80. The molecule has 1 aromatic heterocycles. The van der Waals surface area contributed by atoms with Crippen molar-refractivity contribution in [2.24, 2.45) is 0 Å². The lowest BCUT2D eigenvalue weighted by molar-refractivity contribution is -0.148. The van der Waals surface area contributed by atoms with Crippen LogP contribution in [0.4, 0.5) is 0 Å². The summed E-state index contributed by atoms with van der Waals surface area (Å²) < 4.78 is 6.67. The lowest BCUT2D eigenvalue weighted by Crippen LogP contribution is -2.30. The number of aryl methyl sites for hydroxylation is 3. The molecule has 1 aromatic rings. The number of hydrogen-bond acceptors (Lipinski definition) is 4. The second-order valence-electron chi connectivity index (χ2n) is 4.90. The normalized spacial score (nSPS) is 14.2. The first kappa shape index (κ1) is 13.6. The van der Waals surface area contributed by atoms with E-state index in [-0.39, 0.29) is 24.9 Å². The first-order valence-corrected chi connectivity index (χ1v) is 6.50. The second kappa shape index (κ2) is 5.86. The maximum absolute atomic E-state index is 11.5. The zero-order valence-electron chi connectivity index (χ0n) is 11.3. The quantitative estimate of drug-likeness (QED) is 0.769. The van der Waals surface area contributed by atoms with Gasteiger partial charge in [-0.2, -0.15) is 5.10 Å². The van der Waals surface area contributed by atoms with Crippen LogP contribution in [-0.4, -0.2) is 34.3 Å². The highest BCUT2D eigenvalue weighted by atomic mass is 16.5. The van der Waals surface area contributed by atoms with E-state index in [0.717, 1.165) is 24.2 Å². The predicted molar refractivity (Wildman–Crippen MR) is 68.4 cm³/mol. The third-order valence-electron chi connectivity index (χ3n) is 2.94. The number of rotatable bonds is 6. The van der Waals surface area contributed by atoms with Gasteiger partial charge in [0.05, 0.1) is 18.7 Å². The number of nitrogens with zero attached hydrogens (tertiary/aromatic N) is 2. The Kier molecular flexibility index (Phi) is 4.19. The van der Waals surface area contributed by atoms with E-state index in [0.29, 0.717) is 12.6 Å². The van der Waals surface area contributed by atoms with Crippen molar-refractivity contribution in [1.29, 1.82) is 0 Å². The van der Waals surface area contributed by atoms with Gasteiger partial charge in [0.1, 0.15) is 0 Å². The van der Waals surface area contributed by atoms with E-state index < -0.39 is 0 Å². The Hall–Kier alpha value is -1.85. The molecule has 0 aliphatic heterocycles. The molecule has 0 bridgehead atoms. The minimum atomic E-state index is -0.376. The SMILES string of the molecule is Cc1cc(C)n(CCC(=O)OCC(=O)NC2CC2)n1. The Morgan fingerprint density at radius 2 is 2.21 bits per heavy atom. The van der Waals surface area contributed by atoms with Crippen LogP contribution in [0.25, 0.3) is 0 Å². The van der Waals surface area contributed by atoms with Crippen LogP contribution in [-0.2, 0) is 20.9 Å². The summed E-state index contributed by atoms with van der Waals surface area (Å²) in [7, 11) is 0. The number of ether oxygens (including phenoxy) is 1. The van der Waals surface area contributed by atoms with E-state index in [2.05, 4.69) is 10.4 Å². The second-order valence-corrected chi connectivity index (χ2v) is 4.90. The van der Waals surface area contributed by atoms with Crippen molar-refractivity contribution in [1.82, 2.24) is 15.1 Å². The van der Waals surface area contributed by atoms with E-state index in [9.17, 15) is 9.59 Å². The first-order valence-electron chi connectivity index (χ1n) is 6.50. The van der Waals surface area contributed by atoms with E-state index >= 15 is 0 Å². The molecule has 0 unspecified atom stereocenters. The maximum Gasteiger partial charge on any atom is 0.308 e. The van der Waals surface area contributed by atoms with Gasteiger partial charge >= 0.3 is 5.97 Å². The van der Waals surface area contributed by atoms with Crippen molar-refractivity contribution < 1.29 is 14.3 Å². The Morgan fingerprint density at radius 3 is 2.79 bits per heavy atom. The monoisotopic (exact) mass is 265 g/mol. The lowest BCUT2D eigenvalue weighted by atomic mass is 10.4. The summed E-state index contributed by atoms with van der Waals surface area (Å²) >= 11 is 0. The molecular formula is C13H19N3O3. The average Bonchev–Trinajstić information content (AvgIpc) is 3.09. The average molecular weight is 265 g/mol. The fraction of sp³-hybridized carbons (Fsp3) is 0.615. The third kappa shape index (κ3) is 4.39. The van der Waals surface area contributed by atoms with Gasteiger partial charge in [0.25, 0.3) is 5.91 Å². The summed E-state index contributed by atoms with van der Waals surface area (Å²) in [6.07, 6.45) is 2.27. The molecule has 19 heavy (non-hydrogen) atoms.